The number of anilines is 1. The van der Waals surface area contributed by atoms with Crippen LogP contribution in [0.1, 0.15) is 31.4 Å². The number of aryl methyl sites for hydroxylation is 1. The highest BCUT2D eigenvalue weighted by molar-refractivity contribution is 9.10. The van der Waals surface area contributed by atoms with E-state index in [1.54, 1.807) is 0 Å². The van der Waals surface area contributed by atoms with Crippen molar-refractivity contribution in [2.24, 2.45) is 0 Å². The summed E-state index contributed by atoms with van der Waals surface area (Å²) in [7, 11) is 0. The highest BCUT2D eigenvalue weighted by Gasteiger charge is 2.12. The number of ether oxygens (including phenoxy) is 2. The molecule has 0 spiro atoms. The summed E-state index contributed by atoms with van der Waals surface area (Å²) in [4.78, 5) is 0. The summed E-state index contributed by atoms with van der Waals surface area (Å²) in [6, 6.07) is 10.3. The lowest BCUT2D eigenvalue weighted by atomic mass is 10.1. The average Bonchev–Trinajstić information content (AvgIpc) is 2.53. The normalized spacial score (nSPS) is 10.5. The predicted molar refractivity (Wildman–Crippen MR) is 107 cm³/mol. The predicted octanol–water partition coefficient (Wildman–Crippen LogP) is 6.32. The van der Waals surface area contributed by atoms with Gasteiger partial charge in [-0.2, -0.15) is 0 Å². The molecule has 0 atom stereocenters. The summed E-state index contributed by atoms with van der Waals surface area (Å²) in [6.07, 6.45) is 0.962. The number of nitrogens with one attached hydrogen (secondary N) is 1. The van der Waals surface area contributed by atoms with Crippen LogP contribution in [0, 0.1) is 6.92 Å². The maximum absolute atomic E-state index is 5.82. The van der Waals surface area contributed by atoms with E-state index in [4.69, 9.17) is 9.47 Å². The van der Waals surface area contributed by atoms with Gasteiger partial charge in [0, 0.05) is 16.7 Å². The van der Waals surface area contributed by atoms with Crippen molar-refractivity contribution in [1.82, 2.24) is 0 Å². The molecule has 0 aromatic heterocycles. The summed E-state index contributed by atoms with van der Waals surface area (Å²) < 4.78 is 13.6. The third kappa shape index (κ3) is 5.15. The summed E-state index contributed by atoms with van der Waals surface area (Å²) in [5, 5.41) is 3.48. The first-order valence-corrected chi connectivity index (χ1v) is 9.71. The van der Waals surface area contributed by atoms with Gasteiger partial charge in [-0.25, -0.2) is 0 Å². The van der Waals surface area contributed by atoms with Crippen molar-refractivity contribution in [2.45, 2.75) is 33.7 Å². The molecule has 0 aliphatic heterocycles. The molecule has 0 saturated heterocycles. The van der Waals surface area contributed by atoms with Crippen molar-refractivity contribution in [2.75, 3.05) is 18.5 Å². The van der Waals surface area contributed by atoms with Gasteiger partial charge in [-0.1, -0.05) is 22.9 Å². The largest absolute Gasteiger partial charge is 0.490 e. The molecule has 130 valence electrons. The molecule has 2 rings (SSSR count). The Morgan fingerprint density at radius 2 is 1.83 bits per heavy atom. The van der Waals surface area contributed by atoms with Crippen molar-refractivity contribution in [3.63, 3.8) is 0 Å². The lowest BCUT2D eigenvalue weighted by Crippen LogP contribution is -2.05. The van der Waals surface area contributed by atoms with Gasteiger partial charge in [-0.3, -0.25) is 0 Å². The van der Waals surface area contributed by atoms with Crippen LogP contribution in [0.15, 0.2) is 39.3 Å². The lowest BCUT2D eigenvalue weighted by molar-refractivity contribution is 0.275. The van der Waals surface area contributed by atoms with Crippen LogP contribution in [0.2, 0.25) is 0 Å². The quantitative estimate of drug-likeness (QED) is 0.504. The number of rotatable bonds is 8. The second-order valence-corrected chi connectivity index (χ2v) is 7.27. The van der Waals surface area contributed by atoms with Crippen LogP contribution in [-0.4, -0.2) is 13.2 Å². The molecule has 2 aromatic carbocycles. The Morgan fingerprint density at radius 1 is 1.04 bits per heavy atom. The minimum absolute atomic E-state index is 0.609. The van der Waals surface area contributed by atoms with E-state index in [2.05, 4.69) is 69.2 Å². The van der Waals surface area contributed by atoms with Gasteiger partial charge < -0.3 is 14.8 Å². The Hall–Kier alpha value is -1.20. The van der Waals surface area contributed by atoms with Gasteiger partial charge >= 0.3 is 0 Å². The van der Waals surface area contributed by atoms with Crippen molar-refractivity contribution in [3.05, 3.63) is 50.4 Å². The van der Waals surface area contributed by atoms with Crippen LogP contribution in [-0.2, 0) is 6.54 Å². The Bertz CT molecular complexity index is 689. The number of hydrogen-bond acceptors (Lipinski definition) is 3. The molecule has 3 nitrogen and oxygen atoms in total. The lowest BCUT2D eigenvalue weighted by Gasteiger charge is -2.16. The zero-order valence-corrected chi connectivity index (χ0v) is 17.5. The monoisotopic (exact) mass is 455 g/mol. The summed E-state index contributed by atoms with van der Waals surface area (Å²) >= 11 is 7.10. The summed E-state index contributed by atoms with van der Waals surface area (Å²) in [6.45, 7) is 8.16. The van der Waals surface area contributed by atoms with Crippen molar-refractivity contribution in [3.8, 4) is 11.5 Å². The van der Waals surface area contributed by atoms with Gasteiger partial charge in [0.1, 0.15) is 0 Å². The molecule has 0 aliphatic carbocycles. The van der Waals surface area contributed by atoms with E-state index in [9.17, 15) is 0 Å². The topological polar surface area (TPSA) is 30.5 Å². The fourth-order valence-electron chi connectivity index (χ4n) is 2.35. The molecule has 0 fully saturated rings. The Morgan fingerprint density at radius 3 is 2.50 bits per heavy atom. The van der Waals surface area contributed by atoms with Crippen molar-refractivity contribution >= 4 is 37.5 Å². The first kappa shape index (κ1) is 19.1. The molecule has 0 bridgehead atoms. The third-order valence-corrected chi connectivity index (χ3v) is 4.57. The molecule has 2 aromatic rings. The van der Waals surface area contributed by atoms with E-state index >= 15 is 0 Å². The van der Waals surface area contributed by atoms with E-state index < -0.39 is 0 Å². The molecule has 24 heavy (non-hydrogen) atoms. The van der Waals surface area contributed by atoms with E-state index in [1.807, 2.05) is 19.1 Å². The second kappa shape index (κ2) is 9.33. The van der Waals surface area contributed by atoms with Crippen LogP contribution in [0.5, 0.6) is 11.5 Å². The fraction of sp³-hybridized carbons (Fsp3) is 0.368. The minimum atomic E-state index is 0.609. The Kier molecular flexibility index (Phi) is 7.43. The number of halogens is 2. The minimum Gasteiger partial charge on any atom is -0.490 e. The Balaban J connectivity index is 2.17. The van der Waals surface area contributed by atoms with Crippen LogP contribution in [0.3, 0.4) is 0 Å². The van der Waals surface area contributed by atoms with E-state index in [-0.39, 0.29) is 0 Å². The molecule has 0 radical (unpaired) electrons. The number of benzene rings is 2. The molecular weight excluding hydrogens is 434 g/mol. The highest BCUT2D eigenvalue weighted by Crippen LogP contribution is 2.37. The SMILES string of the molecule is CCCOc1c(Br)cc(CNc2ccc(Br)cc2C)cc1OCC. The standard InChI is InChI=1S/C19H23Br2NO2/c1-4-8-24-19-16(21)10-14(11-18(19)23-5-2)12-22-17-7-6-15(20)9-13(17)3/h6-7,9-11,22H,4-5,8,12H2,1-3H3. The molecule has 0 heterocycles. The summed E-state index contributed by atoms with van der Waals surface area (Å²) in [5.41, 5.74) is 3.46. The zero-order chi connectivity index (χ0) is 17.5. The maximum atomic E-state index is 5.82. The highest BCUT2D eigenvalue weighted by atomic mass is 79.9. The fourth-order valence-corrected chi connectivity index (χ4v) is 3.43. The van der Waals surface area contributed by atoms with Gasteiger partial charge in [-0.15, -0.1) is 0 Å². The smallest absolute Gasteiger partial charge is 0.175 e. The van der Waals surface area contributed by atoms with Crippen molar-refractivity contribution in [1.29, 1.82) is 0 Å². The van der Waals surface area contributed by atoms with Crippen LogP contribution >= 0.6 is 31.9 Å². The molecule has 0 amide bonds. The zero-order valence-electron chi connectivity index (χ0n) is 14.3. The van der Waals surface area contributed by atoms with E-state index in [1.165, 1.54) is 5.56 Å². The number of hydrogen-bond donors (Lipinski definition) is 1. The van der Waals surface area contributed by atoms with Gasteiger partial charge in [0.2, 0.25) is 0 Å². The molecular formula is C19H23Br2NO2. The molecule has 1 N–H and O–H groups in total. The molecule has 0 unspecified atom stereocenters. The first-order valence-electron chi connectivity index (χ1n) is 8.13. The first-order chi connectivity index (χ1) is 11.5. The Labute approximate surface area is 161 Å². The van der Waals surface area contributed by atoms with Gasteiger partial charge in [0.05, 0.1) is 17.7 Å². The van der Waals surface area contributed by atoms with Crippen LogP contribution in [0.25, 0.3) is 0 Å². The van der Waals surface area contributed by atoms with E-state index in [0.29, 0.717) is 13.2 Å². The summed E-state index contributed by atoms with van der Waals surface area (Å²) in [5.74, 6) is 1.56. The van der Waals surface area contributed by atoms with Gasteiger partial charge in [-0.05, 0) is 77.7 Å². The maximum Gasteiger partial charge on any atom is 0.175 e. The van der Waals surface area contributed by atoms with E-state index in [0.717, 1.165) is 44.7 Å². The van der Waals surface area contributed by atoms with Gasteiger partial charge in [0.25, 0.3) is 0 Å². The van der Waals surface area contributed by atoms with Crippen LogP contribution < -0.4 is 14.8 Å². The third-order valence-electron chi connectivity index (χ3n) is 3.49. The average molecular weight is 457 g/mol. The van der Waals surface area contributed by atoms with Crippen molar-refractivity contribution < 1.29 is 9.47 Å². The molecule has 0 saturated carbocycles. The van der Waals surface area contributed by atoms with Crippen LogP contribution in [0.4, 0.5) is 5.69 Å². The molecule has 5 heteroatoms. The molecule has 0 aliphatic rings. The van der Waals surface area contributed by atoms with Gasteiger partial charge in [0.15, 0.2) is 11.5 Å². The second-order valence-electron chi connectivity index (χ2n) is 5.50.